The second kappa shape index (κ2) is 9.49. The van der Waals surface area contributed by atoms with Crippen molar-refractivity contribution in [1.82, 2.24) is 9.62 Å². The second-order valence-corrected chi connectivity index (χ2v) is 8.93. The van der Waals surface area contributed by atoms with Crippen LogP contribution in [0.15, 0.2) is 46.9 Å². The van der Waals surface area contributed by atoms with Crippen molar-refractivity contribution in [3.8, 4) is 17.2 Å². The lowest BCUT2D eigenvalue weighted by Crippen LogP contribution is -2.40. The molecular weight excluding hydrogens is 460 g/mol. The van der Waals surface area contributed by atoms with Crippen LogP contribution in [-0.4, -0.2) is 59.0 Å². The highest BCUT2D eigenvalue weighted by Crippen LogP contribution is 2.32. The summed E-state index contributed by atoms with van der Waals surface area (Å²) in [5, 5.41) is 2.93. The third-order valence-corrected chi connectivity index (χ3v) is 6.71. The maximum atomic E-state index is 13.4. The Morgan fingerprint density at radius 2 is 1.69 bits per heavy atom. The first kappa shape index (κ1) is 23.4. The van der Waals surface area contributed by atoms with Gasteiger partial charge in [0.15, 0.2) is 0 Å². The van der Waals surface area contributed by atoms with Crippen LogP contribution in [0.2, 0.25) is 5.02 Å². The van der Waals surface area contributed by atoms with E-state index < -0.39 is 28.4 Å². The van der Waals surface area contributed by atoms with E-state index in [4.69, 9.17) is 25.8 Å². The lowest BCUT2D eigenvalue weighted by atomic mass is 10.1. The highest BCUT2D eigenvalue weighted by molar-refractivity contribution is 7.89. The zero-order valence-electron chi connectivity index (χ0n) is 17.5. The SMILES string of the molecule is COc1ccc(OC)c(S(=O)(=O)N2CC(=O)NCC(=Cc3cc(Cl)ccc3OC)C2=O)c1. The number of methoxy groups -OCH3 is 3. The van der Waals surface area contributed by atoms with Gasteiger partial charge in [0.2, 0.25) is 5.91 Å². The van der Waals surface area contributed by atoms with Gasteiger partial charge in [0.05, 0.1) is 21.3 Å². The molecule has 0 unspecified atom stereocenters. The Labute approximate surface area is 190 Å². The molecule has 3 rings (SSSR count). The van der Waals surface area contributed by atoms with Gasteiger partial charge in [-0.15, -0.1) is 0 Å². The minimum absolute atomic E-state index is 0.00490. The van der Waals surface area contributed by atoms with Crippen LogP contribution in [0.5, 0.6) is 17.2 Å². The summed E-state index contributed by atoms with van der Waals surface area (Å²) < 4.78 is 42.9. The molecule has 0 aromatic heterocycles. The number of carbonyl (C=O) groups excluding carboxylic acids is 2. The van der Waals surface area contributed by atoms with Crippen molar-refractivity contribution in [3.63, 3.8) is 0 Å². The summed E-state index contributed by atoms with van der Waals surface area (Å²) in [5.74, 6) is -0.824. The van der Waals surface area contributed by atoms with E-state index in [0.717, 1.165) is 0 Å². The van der Waals surface area contributed by atoms with E-state index in [0.29, 0.717) is 20.6 Å². The van der Waals surface area contributed by atoms with E-state index in [1.807, 2.05) is 0 Å². The molecule has 0 aliphatic carbocycles. The van der Waals surface area contributed by atoms with E-state index in [-0.39, 0.29) is 28.5 Å². The minimum atomic E-state index is -4.47. The van der Waals surface area contributed by atoms with E-state index >= 15 is 0 Å². The van der Waals surface area contributed by atoms with Crippen molar-refractivity contribution >= 4 is 39.5 Å². The first-order chi connectivity index (χ1) is 15.2. The number of ether oxygens (including phenoxy) is 3. The monoisotopic (exact) mass is 480 g/mol. The van der Waals surface area contributed by atoms with E-state index in [1.165, 1.54) is 45.6 Å². The zero-order valence-corrected chi connectivity index (χ0v) is 19.1. The molecule has 0 atom stereocenters. The Hall–Kier alpha value is -3.24. The predicted octanol–water partition coefficient (Wildman–Crippen LogP) is 2.10. The summed E-state index contributed by atoms with van der Waals surface area (Å²) in [6.07, 6.45) is 1.43. The lowest BCUT2D eigenvalue weighted by Gasteiger charge is -2.21. The number of carbonyl (C=O) groups is 2. The van der Waals surface area contributed by atoms with Gasteiger partial charge in [-0.3, -0.25) is 9.59 Å². The fourth-order valence-corrected chi connectivity index (χ4v) is 4.82. The predicted molar refractivity (Wildman–Crippen MR) is 117 cm³/mol. The van der Waals surface area contributed by atoms with Gasteiger partial charge >= 0.3 is 0 Å². The summed E-state index contributed by atoms with van der Waals surface area (Å²) in [7, 11) is -0.343. The Kier molecular flexibility index (Phi) is 6.95. The molecule has 0 radical (unpaired) electrons. The van der Waals surface area contributed by atoms with Gasteiger partial charge in [-0.25, -0.2) is 12.7 Å². The topological polar surface area (TPSA) is 111 Å². The Bertz CT molecular complexity index is 1190. The van der Waals surface area contributed by atoms with Crippen molar-refractivity contribution in [2.24, 2.45) is 0 Å². The quantitative estimate of drug-likeness (QED) is 0.630. The van der Waals surface area contributed by atoms with Crippen LogP contribution in [0, 0.1) is 0 Å². The van der Waals surface area contributed by atoms with Crippen LogP contribution in [-0.2, 0) is 19.6 Å². The summed E-state index contributed by atoms with van der Waals surface area (Å²) in [4.78, 5) is 25.3. The van der Waals surface area contributed by atoms with Gasteiger partial charge in [0.1, 0.15) is 28.7 Å². The first-order valence-electron chi connectivity index (χ1n) is 9.31. The highest BCUT2D eigenvalue weighted by Gasteiger charge is 2.37. The Balaban J connectivity index is 2.12. The fraction of sp³-hybridized carbons (Fsp3) is 0.238. The minimum Gasteiger partial charge on any atom is -0.497 e. The van der Waals surface area contributed by atoms with Crippen LogP contribution < -0.4 is 19.5 Å². The average molecular weight is 481 g/mol. The molecule has 32 heavy (non-hydrogen) atoms. The molecular formula is C21H21ClN2O7S. The smallest absolute Gasteiger partial charge is 0.271 e. The van der Waals surface area contributed by atoms with Crippen molar-refractivity contribution in [3.05, 3.63) is 52.6 Å². The molecule has 2 aromatic rings. The number of nitrogens with one attached hydrogen (secondary N) is 1. The van der Waals surface area contributed by atoms with Gasteiger partial charge < -0.3 is 19.5 Å². The van der Waals surface area contributed by atoms with Crippen LogP contribution in [0.25, 0.3) is 6.08 Å². The summed E-state index contributed by atoms with van der Waals surface area (Å²) >= 11 is 6.05. The van der Waals surface area contributed by atoms with E-state index in [1.54, 1.807) is 18.2 Å². The number of halogens is 1. The third kappa shape index (κ3) is 4.66. The standard InChI is InChI=1S/C21H21ClN2O7S/c1-29-16-5-7-18(31-3)19(10-16)32(27,28)24-12-20(25)23-11-14(21(24)26)8-13-9-15(22)4-6-17(13)30-2/h4-10H,11-12H2,1-3H3,(H,23,25). The highest BCUT2D eigenvalue weighted by atomic mass is 35.5. The molecule has 1 N–H and O–H groups in total. The normalized spacial score (nSPS) is 15.9. The molecule has 1 saturated heterocycles. The third-order valence-electron chi connectivity index (χ3n) is 4.72. The average Bonchev–Trinajstić information content (AvgIpc) is 2.92. The molecule has 11 heteroatoms. The number of nitrogens with zero attached hydrogens (tertiary/aromatic N) is 1. The molecule has 2 amide bonds. The molecule has 1 fully saturated rings. The number of sulfonamides is 1. The van der Waals surface area contributed by atoms with E-state index in [9.17, 15) is 18.0 Å². The fourth-order valence-electron chi connectivity index (χ4n) is 3.10. The summed E-state index contributed by atoms with van der Waals surface area (Å²) in [5.41, 5.74) is 0.484. The van der Waals surface area contributed by atoms with Gasteiger partial charge in [0.25, 0.3) is 15.9 Å². The summed E-state index contributed by atoms with van der Waals surface area (Å²) in [6, 6.07) is 8.95. The molecule has 170 valence electrons. The van der Waals surface area contributed by atoms with Gasteiger partial charge in [-0.2, -0.15) is 0 Å². The second-order valence-electron chi connectivity index (χ2n) is 6.67. The molecule has 2 aromatic carbocycles. The van der Waals surface area contributed by atoms with Gasteiger partial charge in [-0.05, 0) is 36.4 Å². The molecule has 0 bridgehead atoms. The number of amides is 2. The largest absolute Gasteiger partial charge is 0.497 e. The van der Waals surface area contributed by atoms with Gasteiger partial charge in [0, 0.05) is 28.8 Å². The van der Waals surface area contributed by atoms with Crippen molar-refractivity contribution in [2.75, 3.05) is 34.4 Å². The van der Waals surface area contributed by atoms with Crippen molar-refractivity contribution in [1.29, 1.82) is 0 Å². The number of hydrogen-bond donors (Lipinski definition) is 1. The van der Waals surface area contributed by atoms with Crippen molar-refractivity contribution in [2.45, 2.75) is 4.90 Å². The van der Waals surface area contributed by atoms with Crippen LogP contribution in [0.4, 0.5) is 0 Å². The zero-order chi connectivity index (χ0) is 23.5. The molecule has 1 aliphatic rings. The Morgan fingerprint density at radius 3 is 2.34 bits per heavy atom. The number of benzene rings is 2. The first-order valence-corrected chi connectivity index (χ1v) is 11.1. The Morgan fingerprint density at radius 1 is 1.00 bits per heavy atom. The maximum Gasteiger partial charge on any atom is 0.271 e. The summed E-state index contributed by atoms with van der Waals surface area (Å²) in [6.45, 7) is -0.861. The molecule has 9 nitrogen and oxygen atoms in total. The molecule has 0 spiro atoms. The molecule has 0 saturated carbocycles. The van der Waals surface area contributed by atoms with Crippen LogP contribution in [0.3, 0.4) is 0 Å². The van der Waals surface area contributed by atoms with Crippen LogP contribution >= 0.6 is 11.6 Å². The number of rotatable bonds is 6. The van der Waals surface area contributed by atoms with Crippen molar-refractivity contribution < 1.29 is 32.2 Å². The lowest BCUT2D eigenvalue weighted by molar-refractivity contribution is -0.127. The number of hydrogen-bond acceptors (Lipinski definition) is 7. The van der Waals surface area contributed by atoms with Gasteiger partial charge in [-0.1, -0.05) is 11.6 Å². The van der Waals surface area contributed by atoms with E-state index in [2.05, 4.69) is 5.32 Å². The molecule has 1 heterocycles. The molecule has 1 aliphatic heterocycles. The van der Waals surface area contributed by atoms with Crippen LogP contribution in [0.1, 0.15) is 5.56 Å². The maximum absolute atomic E-state index is 13.4.